The molecule has 2 aromatic rings. The molecule has 0 saturated carbocycles. The number of amides is 1. The van der Waals surface area contributed by atoms with Gasteiger partial charge in [-0.05, 0) is 51.7 Å². The van der Waals surface area contributed by atoms with Gasteiger partial charge in [0, 0.05) is 13.1 Å². The molecule has 0 fully saturated rings. The Morgan fingerprint density at radius 3 is 3.10 bits per heavy atom. The van der Waals surface area contributed by atoms with Gasteiger partial charge < -0.3 is 5.73 Å². The summed E-state index contributed by atoms with van der Waals surface area (Å²) in [4.78, 5) is 18.4. The molecule has 1 aliphatic heterocycles. The van der Waals surface area contributed by atoms with Gasteiger partial charge in [-0.2, -0.15) is 0 Å². The highest BCUT2D eigenvalue weighted by Gasteiger charge is 2.31. The van der Waals surface area contributed by atoms with Gasteiger partial charge in [-0.25, -0.2) is 4.98 Å². The van der Waals surface area contributed by atoms with Crippen molar-refractivity contribution in [3.63, 3.8) is 0 Å². The zero-order chi connectivity index (χ0) is 14.8. The summed E-state index contributed by atoms with van der Waals surface area (Å²) in [6.07, 6.45) is 0.893. The summed E-state index contributed by atoms with van der Waals surface area (Å²) < 4.78 is 0.794. The quantitative estimate of drug-likeness (QED) is 0.868. The van der Waals surface area contributed by atoms with Crippen molar-refractivity contribution in [2.45, 2.75) is 19.0 Å². The van der Waals surface area contributed by atoms with E-state index in [4.69, 9.17) is 5.73 Å². The second kappa shape index (κ2) is 5.95. The van der Waals surface area contributed by atoms with Gasteiger partial charge in [0.2, 0.25) is 5.91 Å². The number of primary amides is 1. The van der Waals surface area contributed by atoms with E-state index in [1.165, 1.54) is 0 Å². The van der Waals surface area contributed by atoms with Crippen molar-refractivity contribution in [2.75, 3.05) is 6.54 Å². The van der Waals surface area contributed by atoms with Crippen LogP contribution < -0.4 is 5.73 Å². The molecular weight excluding hydrogens is 330 g/mol. The van der Waals surface area contributed by atoms with E-state index in [1.807, 2.05) is 36.4 Å². The zero-order valence-corrected chi connectivity index (χ0v) is 13.0. The fraction of sp³-hybridized carbons (Fsp3) is 0.250. The minimum atomic E-state index is -0.399. The third-order valence-corrected chi connectivity index (χ3v) is 4.16. The number of rotatable bonds is 3. The van der Waals surface area contributed by atoms with Crippen LogP contribution in [0.3, 0.4) is 0 Å². The third kappa shape index (κ3) is 2.99. The lowest BCUT2D eigenvalue weighted by Crippen LogP contribution is -2.42. The van der Waals surface area contributed by atoms with Crippen LogP contribution in [0.15, 0.2) is 41.0 Å². The fourth-order valence-corrected chi connectivity index (χ4v) is 3.18. The topological polar surface area (TPSA) is 59.2 Å². The molecule has 0 spiro atoms. The van der Waals surface area contributed by atoms with E-state index in [9.17, 15) is 4.79 Å². The van der Waals surface area contributed by atoms with Crippen molar-refractivity contribution in [3.8, 4) is 0 Å². The molecule has 2 N–H and O–H groups in total. The molecule has 1 radical (unpaired) electrons. The van der Waals surface area contributed by atoms with Gasteiger partial charge in [0.05, 0.1) is 5.69 Å². The zero-order valence-electron chi connectivity index (χ0n) is 11.4. The molecule has 2 heterocycles. The Morgan fingerprint density at radius 2 is 2.33 bits per heavy atom. The van der Waals surface area contributed by atoms with Crippen molar-refractivity contribution in [1.82, 2.24) is 9.88 Å². The number of halogens is 1. The predicted octanol–water partition coefficient (Wildman–Crippen LogP) is 2.23. The van der Waals surface area contributed by atoms with Crippen molar-refractivity contribution < 1.29 is 4.79 Å². The Labute approximate surface area is 132 Å². The SMILES string of the molecule is NC(=O)C1c2cc[c]cc2CCN1Cc1cccc(Br)n1. The second-order valence-corrected chi connectivity index (χ2v) is 5.91. The summed E-state index contributed by atoms with van der Waals surface area (Å²) in [5.74, 6) is -0.322. The van der Waals surface area contributed by atoms with E-state index in [-0.39, 0.29) is 5.91 Å². The van der Waals surface area contributed by atoms with Crippen LogP contribution in [0.4, 0.5) is 0 Å². The van der Waals surface area contributed by atoms with E-state index < -0.39 is 6.04 Å². The number of carbonyl (C=O) groups is 1. The lowest BCUT2D eigenvalue weighted by atomic mass is 9.92. The second-order valence-electron chi connectivity index (χ2n) is 5.10. The molecule has 1 atom stereocenters. The van der Waals surface area contributed by atoms with E-state index in [1.54, 1.807) is 0 Å². The molecule has 4 nitrogen and oxygen atoms in total. The number of benzene rings is 1. The van der Waals surface area contributed by atoms with Crippen LogP contribution in [0.1, 0.15) is 22.9 Å². The molecule has 1 amide bonds. The maximum atomic E-state index is 11.9. The van der Waals surface area contributed by atoms with Gasteiger partial charge in [0.1, 0.15) is 10.6 Å². The van der Waals surface area contributed by atoms with E-state index in [0.717, 1.165) is 34.4 Å². The van der Waals surface area contributed by atoms with Crippen molar-refractivity contribution >= 4 is 21.8 Å². The number of aromatic nitrogens is 1. The normalized spacial score (nSPS) is 18.2. The van der Waals surface area contributed by atoms with E-state index in [2.05, 4.69) is 31.9 Å². The van der Waals surface area contributed by atoms with Crippen LogP contribution in [-0.2, 0) is 17.8 Å². The molecule has 5 heteroatoms. The van der Waals surface area contributed by atoms with Crippen LogP contribution in [0, 0.1) is 6.07 Å². The summed E-state index contributed by atoms with van der Waals surface area (Å²) in [6.45, 7) is 1.39. The molecule has 1 aromatic carbocycles. The van der Waals surface area contributed by atoms with E-state index >= 15 is 0 Å². The van der Waals surface area contributed by atoms with Crippen LogP contribution in [0.25, 0.3) is 0 Å². The summed E-state index contributed by atoms with van der Waals surface area (Å²) in [6, 6.07) is 14.2. The minimum Gasteiger partial charge on any atom is -0.368 e. The minimum absolute atomic E-state index is 0.322. The first kappa shape index (κ1) is 14.2. The Morgan fingerprint density at radius 1 is 1.48 bits per heavy atom. The smallest absolute Gasteiger partial charge is 0.239 e. The van der Waals surface area contributed by atoms with Gasteiger partial charge in [-0.1, -0.05) is 24.3 Å². The molecule has 0 aliphatic carbocycles. The predicted molar refractivity (Wildman–Crippen MR) is 83.3 cm³/mol. The standard InChI is InChI=1S/C16H15BrN3O/c17-14-7-3-5-12(19-14)10-20-9-8-11-4-1-2-6-13(11)15(20)16(18)21/h2-7,15H,8-10H2,(H2,18,21). The average molecular weight is 345 g/mol. The number of hydrogen-bond acceptors (Lipinski definition) is 3. The summed E-state index contributed by atoms with van der Waals surface area (Å²) in [5, 5.41) is 0. The molecule has 1 aromatic heterocycles. The number of nitrogens with zero attached hydrogens (tertiary/aromatic N) is 2. The fourth-order valence-electron chi connectivity index (χ4n) is 2.80. The van der Waals surface area contributed by atoms with Gasteiger partial charge in [0.15, 0.2) is 0 Å². The third-order valence-electron chi connectivity index (χ3n) is 3.72. The Hall–Kier alpha value is -1.72. The summed E-state index contributed by atoms with van der Waals surface area (Å²) in [7, 11) is 0. The average Bonchev–Trinajstić information content (AvgIpc) is 2.46. The first-order valence-electron chi connectivity index (χ1n) is 6.79. The highest BCUT2D eigenvalue weighted by molar-refractivity contribution is 9.10. The number of pyridine rings is 1. The largest absolute Gasteiger partial charge is 0.368 e. The Bertz CT molecular complexity index is 674. The molecular formula is C16H15BrN3O. The first-order chi connectivity index (χ1) is 10.1. The number of nitrogens with two attached hydrogens (primary N) is 1. The summed E-state index contributed by atoms with van der Waals surface area (Å²) in [5.41, 5.74) is 8.69. The van der Waals surface area contributed by atoms with E-state index in [0.29, 0.717) is 6.54 Å². The van der Waals surface area contributed by atoms with Crippen molar-refractivity contribution in [3.05, 3.63) is 63.9 Å². The lowest BCUT2D eigenvalue weighted by molar-refractivity contribution is -0.124. The van der Waals surface area contributed by atoms with Gasteiger partial charge in [-0.3, -0.25) is 9.69 Å². The monoisotopic (exact) mass is 344 g/mol. The highest BCUT2D eigenvalue weighted by atomic mass is 79.9. The van der Waals surface area contributed by atoms with Crippen LogP contribution in [-0.4, -0.2) is 22.3 Å². The molecule has 0 saturated heterocycles. The highest BCUT2D eigenvalue weighted by Crippen LogP contribution is 2.30. The van der Waals surface area contributed by atoms with Crippen LogP contribution in [0.2, 0.25) is 0 Å². The molecule has 1 unspecified atom stereocenters. The number of hydrogen-bond donors (Lipinski definition) is 1. The van der Waals surface area contributed by atoms with Gasteiger partial charge >= 0.3 is 0 Å². The molecule has 3 rings (SSSR count). The molecule has 107 valence electrons. The van der Waals surface area contributed by atoms with Crippen molar-refractivity contribution in [2.24, 2.45) is 5.73 Å². The molecule has 0 bridgehead atoms. The Balaban J connectivity index is 1.91. The summed E-state index contributed by atoms with van der Waals surface area (Å²) >= 11 is 3.37. The molecule has 21 heavy (non-hydrogen) atoms. The number of carbonyl (C=O) groups excluding carboxylic acids is 1. The Kier molecular flexibility index (Phi) is 4.03. The molecule has 1 aliphatic rings. The van der Waals surface area contributed by atoms with Gasteiger partial charge in [-0.15, -0.1) is 0 Å². The first-order valence-corrected chi connectivity index (χ1v) is 7.58. The van der Waals surface area contributed by atoms with Crippen molar-refractivity contribution in [1.29, 1.82) is 0 Å². The lowest BCUT2D eigenvalue weighted by Gasteiger charge is -2.35. The van der Waals surface area contributed by atoms with Crippen LogP contribution in [0.5, 0.6) is 0 Å². The maximum Gasteiger partial charge on any atom is 0.239 e. The van der Waals surface area contributed by atoms with Gasteiger partial charge in [0.25, 0.3) is 0 Å². The number of fused-ring (bicyclic) bond motifs is 1. The maximum absolute atomic E-state index is 11.9. The van der Waals surface area contributed by atoms with Crippen LogP contribution >= 0.6 is 15.9 Å².